The minimum atomic E-state index is -0.674. The van der Waals surface area contributed by atoms with Crippen LogP contribution in [-0.2, 0) is 19.1 Å². The summed E-state index contributed by atoms with van der Waals surface area (Å²) in [6.07, 6.45) is 16.5. The van der Waals surface area contributed by atoms with Crippen LogP contribution in [0.25, 0.3) is 44.4 Å². The molecule has 3 aliphatic heterocycles. The molecule has 322 valence electrons. The number of hydrogen-bond acceptors (Lipinski definition) is 8. The molecule has 3 amide bonds. The summed E-state index contributed by atoms with van der Waals surface area (Å²) < 4.78 is 10.4. The summed E-state index contributed by atoms with van der Waals surface area (Å²) in [4.78, 5) is 62.8. The van der Waals surface area contributed by atoms with Crippen molar-refractivity contribution in [3.63, 3.8) is 0 Å². The zero-order valence-electron chi connectivity index (χ0n) is 35.8. The first kappa shape index (κ1) is 41.3. The number of carbonyl (C=O) groups is 3. The van der Waals surface area contributed by atoms with Gasteiger partial charge in [0.25, 0.3) is 0 Å². The van der Waals surface area contributed by atoms with Crippen molar-refractivity contribution < 1.29 is 23.9 Å². The van der Waals surface area contributed by atoms with E-state index in [4.69, 9.17) is 19.4 Å². The van der Waals surface area contributed by atoms with Crippen LogP contribution in [0.2, 0.25) is 0 Å². The highest BCUT2D eigenvalue weighted by Crippen LogP contribution is 2.37. The van der Waals surface area contributed by atoms with Gasteiger partial charge in [0.2, 0.25) is 11.8 Å². The van der Waals surface area contributed by atoms with E-state index >= 15 is 0 Å². The third-order valence-corrected chi connectivity index (χ3v) is 13.1. The molecule has 4 aliphatic rings. The second kappa shape index (κ2) is 18.1. The number of H-pyrrole nitrogens is 2. The Balaban J connectivity index is 0.867. The minimum absolute atomic E-state index is 0.0181. The SMILES string of the molecule is COC(=O)N[C@H](C(=O)N1CCCC1c1ncc(-c2ccc(-c3ccc4cc(-c5cnc([C@@H]6CCCN6C(=O)C(C6=CCCC=C6)N(C)C)[nH]5)ccc4c3)cc2)[nH]1)C1CCOCC1. The van der Waals surface area contributed by atoms with Gasteiger partial charge in [0, 0.05) is 31.9 Å². The lowest BCUT2D eigenvalue weighted by Gasteiger charge is -2.34. The lowest BCUT2D eigenvalue weighted by molar-refractivity contribution is -0.137. The number of fused-ring (bicyclic) bond motifs is 1. The number of nitrogens with zero attached hydrogens (tertiary/aromatic N) is 5. The summed E-state index contributed by atoms with van der Waals surface area (Å²) in [6.45, 7) is 2.47. The van der Waals surface area contributed by atoms with Crippen molar-refractivity contribution in [1.82, 2.24) is 40.0 Å². The Morgan fingerprint density at radius 2 is 1.34 bits per heavy atom. The molecule has 0 saturated carbocycles. The Morgan fingerprint density at radius 1 is 0.758 bits per heavy atom. The second-order valence-corrected chi connectivity index (χ2v) is 17.2. The number of alkyl carbamates (subject to hydrolysis) is 1. The van der Waals surface area contributed by atoms with Gasteiger partial charge in [-0.25, -0.2) is 14.8 Å². The quantitative estimate of drug-likeness (QED) is 0.121. The summed E-state index contributed by atoms with van der Waals surface area (Å²) >= 11 is 0. The van der Waals surface area contributed by atoms with Crippen LogP contribution in [-0.4, -0.2) is 112 Å². The van der Waals surface area contributed by atoms with E-state index in [0.717, 1.165) is 107 Å². The molecule has 2 unspecified atom stereocenters. The summed E-state index contributed by atoms with van der Waals surface area (Å²) in [7, 11) is 5.28. The number of benzene rings is 3. The van der Waals surface area contributed by atoms with Crippen molar-refractivity contribution in [1.29, 1.82) is 0 Å². The molecule has 3 fully saturated rings. The predicted molar refractivity (Wildman–Crippen MR) is 239 cm³/mol. The van der Waals surface area contributed by atoms with Gasteiger partial charge in [0.1, 0.15) is 23.7 Å². The molecule has 0 radical (unpaired) electrons. The van der Waals surface area contributed by atoms with E-state index in [2.05, 4.69) is 94.2 Å². The summed E-state index contributed by atoms with van der Waals surface area (Å²) in [5.74, 6) is 1.59. The highest BCUT2D eigenvalue weighted by Gasteiger charge is 2.41. The topological polar surface area (TPSA) is 149 Å². The number of likely N-dealkylation sites (N-methyl/N-ethyl adjacent to an activating group) is 1. The van der Waals surface area contributed by atoms with E-state index in [1.807, 2.05) is 41.2 Å². The van der Waals surface area contributed by atoms with Crippen LogP contribution in [0.5, 0.6) is 0 Å². The first-order valence-electron chi connectivity index (χ1n) is 22.1. The van der Waals surface area contributed by atoms with Gasteiger partial charge in [-0.15, -0.1) is 0 Å². The van der Waals surface area contributed by atoms with Crippen LogP contribution in [0.1, 0.15) is 75.1 Å². The molecule has 3 N–H and O–H groups in total. The molecule has 4 atom stereocenters. The predicted octanol–water partition coefficient (Wildman–Crippen LogP) is 7.97. The maximum atomic E-state index is 14.0. The van der Waals surface area contributed by atoms with Crippen LogP contribution in [0.3, 0.4) is 0 Å². The Kier molecular flexibility index (Phi) is 12.1. The molecule has 3 aromatic carbocycles. The molecule has 5 heterocycles. The molecule has 3 saturated heterocycles. The van der Waals surface area contributed by atoms with Crippen LogP contribution in [0, 0.1) is 5.92 Å². The van der Waals surface area contributed by atoms with Gasteiger partial charge < -0.3 is 34.6 Å². The third kappa shape index (κ3) is 8.43. The second-order valence-electron chi connectivity index (χ2n) is 17.2. The highest BCUT2D eigenvalue weighted by molar-refractivity contribution is 5.91. The summed E-state index contributed by atoms with van der Waals surface area (Å²) in [6, 6.07) is 20.2. The van der Waals surface area contributed by atoms with E-state index in [1.165, 1.54) is 7.11 Å². The van der Waals surface area contributed by atoms with Crippen LogP contribution < -0.4 is 5.32 Å². The van der Waals surface area contributed by atoms with Crippen molar-refractivity contribution in [2.75, 3.05) is 47.5 Å². The average Bonchev–Trinajstić information content (AvgIpc) is 4.16. The smallest absolute Gasteiger partial charge is 0.407 e. The number of hydrogen-bond donors (Lipinski definition) is 3. The van der Waals surface area contributed by atoms with Crippen molar-refractivity contribution in [2.45, 2.75) is 75.5 Å². The first-order chi connectivity index (χ1) is 30.2. The molecule has 13 heteroatoms. The van der Waals surface area contributed by atoms with Crippen molar-refractivity contribution in [2.24, 2.45) is 5.92 Å². The molecule has 0 bridgehead atoms. The van der Waals surface area contributed by atoms with E-state index in [9.17, 15) is 14.4 Å². The molecule has 62 heavy (non-hydrogen) atoms. The lowest BCUT2D eigenvalue weighted by atomic mass is 9.90. The molecule has 1 aliphatic carbocycles. The standard InChI is InChI=1S/C49H56N8O5/c1-55(2)44(34-9-5-4-6-10-34)48(59)57-24-8-12-42(57)46-51-30-40(53-46)38-20-19-36-27-35(17-18-37(36)28-38)31-13-15-32(16-14-31)39-29-50-45(52-39)41-11-7-23-56(41)47(58)43(54-49(60)61-3)33-21-25-62-26-22-33/h5,9-10,13-20,27-30,33,41-44H,4,6-8,11-12,21-26H2,1-3H3,(H,50,52)(H,51,53)(H,54,60)/t41?,42-,43-,44?/m0/s1. The maximum Gasteiger partial charge on any atom is 0.407 e. The van der Waals surface area contributed by atoms with E-state index < -0.39 is 12.1 Å². The Bertz CT molecular complexity index is 2480. The lowest BCUT2D eigenvalue weighted by Crippen LogP contribution is -2.53. The molecule has 2 aromatic heterocycles. The van der Waals surface area contributed by atoms with Gasteiger partial charge in [-0.3, -0.25) is 14.5 Å². The maximum absolute atomic E-state index is 14.0. The molecule has 13 nitrogen and oxygen atoms in total. The van der Waals surface area contributed by atoms with Gasteiger partial charge in [0.05, 0.1) is 43.0 Å². The van der Waals surface area contributed by atoms with E-state index in [0.29, 0.717) is 32.6 Å². The number of nitrogens with one attached hydrogen (secondary N) is 3. The fourth-order valence-corrected chi connectivity index (χ4v) is 9.82. The largest absolute Gasteiger partial charge is 0.453 e. The summed E-state index contributed by atoms with van der Waals surface area (Å²) in [5.41, 5.74) is 7.17. The fourth-order valence-electron chi connectivity index (χ4n) is 9.82. The van der Waals surface area contributed by atoms with Gasteiger partial charge >= 0.3 is 6.09 Å². The number of aromatic amines is 2. The van der Waals surface area contributed by atoms with Crippen molar-refractivity contribution >= 4 is 28.7 Å². The number of carbonyl (C=O) groups excluding carboxylic acids is 3. The Labute approximate surface area is 362 Å². The van der Waals surface area contributed by atoms with Crippen molar-refractivity contribution in [3.8, 4) is 33.6 Å². The molecule has 0 spiro atoms. The molecular formula is C49H56N8O5. The molecule has 5 aromatic rings. The van der Waals surface area contributed by atoms with E-state index in [-0.39, 0.29) is 35.9 Å². The Hall–Kier alpha value is -6.05. The fraction of sp³-hybridized carbons (Fsp3) is 0.408. The monoisotopic (exact) mass is 836 g/mol. The Morgan fingerprint density at radius 3 is 1.95 bits per heavy atom. The number of likely N-dealkylation sites (tertiary alicyclic amines) is 2. The van der Waals surface area contributed by atoms with Crippen LogP contribution >= 0.6 is 0 Å². The number of rotatable bonds is 11. The average molecular weight is 837 g/mol. The van der Waals surface area contributed by atoms with Gasteiger partial charge in [-0.2, -0.15) is 0 Å². The molecule has 9 rings (SSSR count). The van der Waals surface area contributed by atoms with Gasteiger partial charge in [-0.05, 0) is 117 Å². The number of amides is 3. The zero-order valence-corrected chi connectivity index (χ0v) is 35.8. The minimum Gasteiger partial charge on any atom is -0.453 e. The third-order valence-electron chi connectivity index (χ3n) is 13.1. The number of imidazole rings is 2. The summed E-state index contributed by atoms with van der Waals surface area (Å²) in [5, 5.41) is 5.09. The number of methoxy groups -OCH3 is 1. The van der Waals surface area contributed by atoms with Gasteiger partial charge in [-0.1, -0.05) is 66.8 Å². The normalized spacial score (nSPS) is 20.4. The number of ether oxygens (including phenoxy) is 2. The zero-order chi connectivity index (χ0) is 42.7. The van der Waals surface area contributed by atoms with Crippen LogP contribution in [0.15, 0.2) is 96.9 Å². The van der Waals surface area contributed by atoms with Crippen molar-refractivity contribution in [3.05, 3.63) is 109 Å². The number of aromatic nitrogens is 4. The van der Waals surface area contributed by atoms with Gasteiger partial charge in [0.15, 0.2) is 0 Å². The van der Waals surface area contributed by atoms with Crippen LogP contribution in [0.4, 0.5) is 4.79 Å². The highest BCUT2D eigenvalue weighted by atomic mass is 16.5. The molecular weight excluding hydrogens is 781 g/mol. The first-order valence-corrected chi connectivity index (χ1v) is 22.1. The van der Waals surface area contributed by atoms with E-state index in [1.54, 1.807) is 0 Å². The number of allylic oxidation sites excluding steroid dienone is 2.